The molecule has 0 bridgehead atoms. The Morgan fingerprint density at radius 1 is 1.17 bits per heavy atom. The molecule has 2 fully saturated rings. The first-order valence-electron chi connectivity index (χ1n) is 8.51. The Balaban J connectivity index is 1.99. The summed E-state index contributed by atoms with van der Waals surface area (Å²) in [6.07, 6.45) is 2.57. The Bertz CT molecular complexity index is 446. The van der Waals surface area contributed by atoms with Crippen molar-refractivity contribution in [1.82, 2.24) is 10.2 Å². The number of nitrogens with zero attached hydrogens (tertiary/aromatic N) is 1. The molecule has 0 aromatic rings. The summed E-state index contributed by atoms with van der Waals surface area (Å²) in [6.45, 7) is 9.25. The van der Waals surface area contributed by atoms with Crippen LogP contribution >= 0.6 is 0 Å². The van der Waals surface area contributed by atoms with Gasteiger partial charge in [-0.15, -0.1) is 0 Å². The molecule has 2 rings (SSSR count). The molecule has 4 unspecified atom stereocenters. The average Bonchev–Trinajstić information content (AvgIpc) is 2.42. The van der Waals surface area contributed by atoms with Gasteiger partial charge in [0.1, 0.15) is 5.60 Å². The summed E-state index contributed by atoms with van der Waals surface area (Å²) in [5.41, 5.74) is -0.525. The molecule has 132 valence electrons. The van der Waals surface area contributed by atoms with Gasteiger partial charge < -0.3 is 14.8 Å². The quantitative estimate of drug-likeness (QED) is 0.805. The van der Waals surface area contributed by atoms with Crippen LogP contribution in [0, 0.1) is 11.8 Å². The number of methoxy groups -OCH3 is 1. The Morgan fingerprint density at radius 3 is 2.35 bits per heavy atom. The summed E-state index contributed by atoms with van der Waals surface area (Å²) in [4.78, 5) is 26.4. The van der Waals surface area contributed by atoms with E-state index in [4.69, 9.17) is 9.47 Å². The highest BCUT2D eigenvalue weighted by atomic mass is 16.6. The van der Waals surface area contributed by atoms with Gasteiger partial charge in [-0.25, -0.2) is 4.79 Å². The number of nitrogens with one attached hydrogen (secondary N) is 1. The maximum atomic E-state index is 12.0. The standard InChI is InChI=1S/C17H30N2O4/c1-11-6-7-14(11)19-9-12(15(20)22-5)8-13(10-19)18-16(21)23-17(2,3)4/h11-14H,6-10H2,1-5H3,(H,18,21). The molecule has 1 N–H and O–H groups in total. The number of likely N-dealkylation sites (tertiary alicyclic amines) is 1. The van der Waals surface area contributed by atoms with Gasteiger partial charge in [-0.3, -0.25) is 9.69 Å². The van der Waals surface area contributed by atoms with Gasteiger partial charge in [0.15, 0.2) is 0 Å². The zero-order valence-corrected chi connectivity index (χ0v) is 14.9. The fourth-order valence-electron chi connectivity index (χ4n) is 3.51. The van der Waals surface area contributed by atoms with Crippen molar-refractivity contribution in [3.8, 4) is 0 Å². The highest BCUT2D eigenvalue weighted by Crippen LogP contribution is 2.34. The number of carbonyl (C=O) groups excluding carboxylic acids is 2. The molecular weight excluding hydrogens is 296 g/mol. The third-order valence-electron chi connectivity index (χ3n) is 4.78. The van der Waals surface area contributed by atoms with Crippen molar-refractivity contribution < 1.29 is 19.1 Å². The van der Waals surface area contributed by atoms with Crippen LogP contribution in [0.2, 0.25) is 0 Å². The Morgan fingerprint density at radius 2 is 1.87 bits per heavy atom. The number of hydrogen-bond acceptors (Lipinski definition) is 5. The van der Waals surface area contributed by atoms with E-state index in [9.17, 15) is 9.59 Å². The van der Waals surface area contributed by atoms with Crippen LogP contribution in [0.1, 0.15) is 47.0 Å². The fraction of sp³-hybridized carbons (Fsp3) is 0.882. The van der Waals surface area contributed by atoms with Crippen molar-refractivity contribution >= 4 is 12.1 Å². The molecule has 6 heteroatoms. The molecular formula is C17H30N2O4. The fourth-order valence-corrected chi connectivity index (χ4v) is 3.51. The van der Waals surface area contributed by atoms with E-state index in [1.807, 2.05) is 20.8 Å². The maximum absolute atomic E-state index is 12.0. The van der Waals surface area contributed by atoms with E-state index in [-0.39, 0.29) is 17.9 Å². The average molecular weight is 326 g/mol. The zero-order valence-electron chi connectivity index (χ0n) is 14.9. The smallest absolute Gasteiger partial charge is 0.407 e. The molecule has 1 saturated heterocycles. The first-order chi connectivity index (χ1) is 10.7. The summed E-state index contributed by atoms with van der Waals surface area (Å²) >= 11 is 0. The van der Waals surface area contributed by atoms with E-state index in [2.05, 4.69) is 17.1 Å². The number of hydrogen-bond donors (Lipinski definition) is 1. The number of piperidine rings is 1. The lowest BCUT2D eigenvalue weighted by Gasteiger charge is -2.47. The van der Waals surface area contributed by atoms with Crippen LogP contribution in [0.25, 0.3) is 0 Å². The van der Waals surface area contributed by atoms with Crippen LogP contribution in [0.4, 0.5) is 4.79 Å². The monoisotopic (exact) mass is 326 g/mol. The first-order valence-corrected chi connectivity index (χ1v) is 8.51. The van der Waals surface area contributed by atoms with Crippen LogP contribution in [0.3, 0.4) is 0 Å². The second-order valence-electron chi connectivity index (χ2n) is 7.87. The zero-order chi connectivity index (χ0) is 17.2. The molecule has 1 amide bonds. The maximum Gasteiger partial charge on any atom is 0.407 e. The van der Waals surface area contributed by atoms with Crippen LogP contribution in [-0.4, -0.2) is 54.8 Å². The lowest BCUT2D eigenvalue weighted by Crippen LogP contribution is -2.58. The first kappa shape index (κ1) is 18.0. The number of rotatable bonds is 3. The number of ether oxygens (including phenoxy) is 2. The van der Waals surface area contributed by atoms with Crippen molar-refractivity contribution in [2.45, 2.75) is 64.6 Å². The molecule has 1 aliphatic carbocycles. The van der Waals surface area contributed by atoms with Gasteiger partial charge in [0.2, 0.25) is 0 Å². The van der Waals surface area contributed by atoms with Crippen LogP contribution in [-0.2, 0) is 14.3 Å². The number of carbonyl (C=O) groups is 2. The molecule has 1 heterocycles. The van der Waals surface area contributed by atoms with E-state index in [0.29, 0.717) is 24.9 Å². The molecule has 6 nitrogen and oxygen atoms in total. The summed E-state index contributed by atoms with van der Waals surface area (Å²) in [5.74, 6) is 0.257. The van der Waals surface area contributed by atoms with E-state index >= 15 is 0 Å². The van der Waals surface area contributed by atoms with Gasteiger partial charge in [0, 0.05) is 25.2 Å². The largest absolute Gasteiger partial charge is 0.469 e. The van der Waals surface area contributed by atoms with Crippen LogP contribution in [0.5, 0.6) is 0 Å². The molecule has 1 aliphatic heterocycles. The van der Waals surface area contributed by atoms with Crippen molar-refractivity contribution in [3.63, 3.8) is 0 Å². The summed E-state index contributed by atoms with van der Waals surface area (Å²) in [7, 11) is 1.42. The summed E-state index contributed by atoms with van der Waals surface area (Å²) in [5, 5.41) is 2.92. The van der Waals surface area contributed by atoms with Crippen molar-refractivity contribution in [1.29, 1.82) is 0 Å². The predicted octanol–water partition coefficient (Wildman–Crippen LogP) is 2.17. The Labute approximate surface area is 138 Å². The molecule has 4 atom stereocenters. The predicted molar refractivity (Wildman–Crippen MR) is 87.0 cm³/mol. The lowest BCUT2D eigenvalue weighted by molar-refractivity contribution is -0.148. The van der Waals surface area contributed by atoms with Gasteiger partial charge in [0.25, 0.3) is 0 Å². The third kappa shape index (κ3) is 4.83. The van der Waals surface area contributed by atoms with Gasteiger partial charge in [-0.2, -0.15) is 0 Å². The third-order valence-corrected chi connectivity index (χ3v) is 4.78. The summed E-state index contributed by atoms with van der Waals surface area (Å²) in [6, 6.07) is 0.417. The molecule has 0 aromatic heterocycles. The van der Waals surface area contributed by atoms with Gasteiger partial charge >= 0.3 is 12.1 Å². The van der Waals surface area contributed by atoms with Gasteiger partial charge in [0.05, 0.1) is 13.0 Å². The van der Waals surface area contributed by atoms with Crippen molar-refractivity contribution in [2.24, 2.45) is 11.8 Å². The van der Waals surface area contributed by atoms with Crippen molar-refractivity contribution in [3.05, 3.63) is 0 Å². The lowest BCUT2D eigenvalue weighted by atomic mass is 9.78. The van der Waals surface area contributed by atoms with Crippen LogP contribution in [0.15, 0.2) is 0 Å². The van der Waals surface area contributed by atoms with Gasteiger partial charge in [-0.05, 0) is 46.0 Å². The minimum Gasteiger partial charge on any atom is -0.469 e. The Kier molecular flexibility index (Phi) is 5.55. The number of esters is 1. The van der Waals surface area contributed by atoms with E-state index in [1.165, 1.54) is 13.5 Å². The molecule has 0 spiro atoms. The minimum atomic E-state index is -0.525. The van der Waals surface area contributed by atoms with Crippen LogP contribution < -0.4 is 5.32 Å². The topological polar surface area (TPSA) is 67.9 Å². The SMILES string of the molecule is COC(=O)C1CC(NC(=O)OC(C)(C)C)CN(C2CCC2C)C1. The number of alkyl carbamates (subject to hydrolysis) is 1. The van der Waals surface area contributed by atoms with E-state index < -0.39 is 11.7 Å². The second-order valence-corrected chi connectivity index (χ2v) is 7.87. The van der Waals surface area contributed by atoms with E-state index in [1.54, 1.807) is 0 Å². The minimum absolute atomic E-state index is 0.0875. The molecule has 0 aromatic carbocycles. The molecule has 2 aliphatic rings. The molecule has 1 saturated carbocycles. The van der Waals surface area contributed by atoms with E-state index in [0.717, 1.165) is 13.0 Å². The van der Waals surface area contributed by atoms with Crippen molar-refractivity contribution in [2.75, 3.05) is 20.2 Å². The molecule has 23 heavy (non-hydrogen) atoms. The second kappa shape index (κ2) is 7.07. The normalized spacial score (nSPS) is 31.9. The van der Waals surface area contributed by atoms with Gasteiger partial charge in [-0.1, -0.05) is 6.92 Å². The number of amides is 1. The highest BCUT2D eigenvalue weighted by molar-refractivity contribution is 5.73. The summed E-state index contributed by atoms with van der Waals surface area (Å²) < 4.78 is 10.3. The Hall–Kier alpha value is -1.30. The highest BCUT2D eigenvalue weighted by Gasteiger charge is 2.40. The molecule has 0 radical (unpaired) electrons.